The summed E-state index contributed by atoms with van der Waals surface area (Å²) in [5, 5.41) is 34.0. The summed E-state index contributed by atoms with van der Waals surface area (Å²) in [4.78, 5) is 30.3. The summed E-state index contributed by atoms with van der Waals surface area (Å²) < 4.78 is 44.3. The fourth-order valence-electron chi connectivity index (χ4n) is 8.53. The van der Waals surface area contributed by atoms with Gasteiger partial charge in [-0.2, -0.15) is 0 Å². The van der Waals surface area contributed by atoms with Crippen molar-refractivity contribution in [1.29, 1.82) is 0 Å². The Bertz CT molecular complexity index is 1150. The predicted octanol–water partition coefficient (Wildman–Crippen LogP) is 3.47. The lowest BCUT2D eigenvalue weighted by atomic mass is 9.74. The number of rotatable bonds is 8. The SMILES string of the molecule is CC[C@H]1OC(=O)C(C)[C@@H](O[C@H]2C[C@@](C)(OC)C(O)[C@H](C)O2)[C@H](C)[C@@H](O[C@H]2C[C@@H](N(C)C)C[C@@H](C)O2)[C@](C)(OC)C[C@@H](C)C(=O)C(C)[C@@H](O)[C@]1(C)O. The van der Waals surface area contributed by atoms with Gasteiger partial charge >= 0.3 is 5.97 Å². The number of cyclic esters (lactones) is 1. The van der Waals surface area contributed by atoms with Gasteiger partial charge in [-0.05, 0) is 74.9 Å². The molecule has 3 aliphatic rings. The standard InChI is InChI=1S/C38H69NO12/c1-15-27-38(10,44)32(41)22(4)30(40)20(2)18-37(9,46-14)34(51-28-17-26(39(11)12)16-21(3)47-28)23(5)31(24(6)35(43)49-27)50-29-19-36(8,45-13)33(42)25(7)48-29/h20-29,31-34,41-42,44H,15-19H2,1-14H3/t20-,21-,22?,23+,24?,25+,26+,27-,28+,29+,31+,32-,33?,34-,36-,37-,38-/m1/s1. The zero-order valence-corrected chi connectivity index (χ0v) is 33.6. The van der Waals surface area contributed by atoms with Crippen LogP contribution in [0.25, 0.3) is 0 Å². The van der Waals surface area contributed by atoms with E-state index in [-0.39, 0.29) is 37.2 Å². The van der Waals surface area contributed by atoms with Gasteiger partial charge in [-0.3, -0.25) is 9.59 Å². The molecule has 3 unspecified atom stereocenters. The summed E-state index contributed by atoms with van der Waals surface area (Å²) in [6.07, 6.45) is -5.55. The van der Waals surface area contributed by atoms with Crippen molar-refractivity contribution in [3.05, 3.63) is 0 Å². The molecule has 3 N–H and O–H groups in total. The van der Waals surface area contributed by atoms with Gasteiger partial charge in [-0.25, -0.2) is 0 Å². The highest BCUT2D eigenvalue weighted by molar-refractivity contribution is 5.83. The Hall–Kier alpha value is -1.26. The number of ketones is 1. The summed E-state index contributed by atoms with van der Waals surface area (Å²) in [5.74, 6) is -4.06. The summed E-state index contributed by atoms with van der Waals surface area (Å²) >= 11 is 0. The van der Waals surface area contributed by atoms with Gasteiger partial charge in [-0.1, -0.05) is 27.7 Å². The molecule has 0 bridgehead atoms. The van der Waals surface area contributed by atoms with E-state index < -0.39 is 95.6 Å². The molecular formula is C38H69NO12. The van der Waals surface area contributed by atoms with E-state index >= 15 is 0 Å². The fraction of sp³-hybridized carbons (Fsp3) is 0.947. The van der Waals surface area contributed by atoms with Crippen LogP contribution in [-0.4, -0.2) is 138 Å². The second-order valence-corrected chi connectivity index (χ2v) is 16.5. The second kappa shape index (κ2) is 17.5. The molecule has 3 rings (SSSR count). The predicted molar refractivity (Wildman–Crippen MR) is 190 cm³/mol. The van der Waals surface area contributed by atoms with E-state index in [9.17, 15) is 24.9 Å². The topological polar surface area (TPSA) is 163 Å². The molecule has 0 aromatic heterocycles. The Morgan fingerprint density at radius 2 is 1.43 bits per heavy atom. The van der Waals surface area contributed by atoms with Crippen molar-refractivity contribution >= 4 is 11.8 Å². The van der Waals surface area contributed by atoms with Crippen LogP contribution in [0.15, 0.2) is 0 Å². The van der Waals surface area contributed by atoms with Crippen LogP contribution in [0.4, 0.5) is 0 Å². The maximum Gasteiger partial charge on any atom is 0.311 e. The van der Waals surface area contributed by atoms with Crippen molar-refractivity contribution in [3.63, 3.8) is 0 Å². The molecule has 0 saturated carbocycles. The number of carbonyl (C=O) groups excluding carboxylic acids is 2. The van der Waals surface area contributed by atoms with Gasteiger partial charge in [0.15, 0.2) is 12.6 Å². The molecule has 3 heterocycles. The molecule has 0 aromatic rings. The molecule has 0 spiro atoms. The lowest BCUT2D eigenvalue weighted by molar-refractivity contribution is -0.309. The van der Waals surface area contributed by atoms with Crippen molar-refractivity contribution in [1.82, 2.24) is 4.90 Å². The van der Waals surface area contributed by atoms with Gasteiger partial charge in [0.05, 0.1) is 47.6 Å². The number of esters is 1. The zero-order valence-electron chi connectivity index (χ0n) is 33.6. The number of aliphatic hydroxyl groups excluding tert-OH is 2. The summed E-state index contributed by atoms with van der Waals surface area (Å²) in [5.41, 5.74) is -4.05. The fourth-order valence-corrected chi connectivity index (χ4v) is 8.53. The van der Waals surface area contributed by atoms with Crippen LogP contribution in [0, 0.1) is 23.7 Å². The summed E-state index contributed by atoms with van der Waals surface area (Å²) in [6, 6.07) is 0.194. The number of nitrogens with zero attached hydrogens (tertiary/aromatic N) is 1. The quantitative estimate of drug-likeness (QED) is 0.312. The molecule has 3 aliphatic heterocycles. The van der Waals surface area contributed by atoms with Gasteiger partial charge in [-0.15, -0.1) is 0 Å². The van der Waals surface area contributed by atoms with E-state index in [0.29, 0.717) is 6.42 Å². The Labute approximate surface area is 305 Å². The molecule has 3 fully saturated rings. The van der Waals surface area contributed by atoms with Crippen LogP contribution < -0.4 is 0 Å². The monoisotopic (exact) mass is 731 g/mol. The maximum absolute atomic E-state index is 14.2. The molecule has 17 atom stereocenters. The molecule has 3 saturated heterocycles. The smallest absolute Gasteiger partial charge is 0.311 e. The van der Waals surface area contributed by atoms with Crippen LogP contribution in [0.3, 0.4) is 0 Å². The lowest BCUT2D eigenvalue weighted by Crippen LogP contribution is -2.60. The van der Waals surface area contributed by atoms with Crippen LogP contribution in [0.5, 0.6) is 0 Å². The number of hydrogen-bond donors (Lipinski definition) is 3. The summed E-state index contributed by atoms with van der Waals surface area (Å²) in [7, 11) is 7.15. The highest BCUT2D eigenvalue weighted by Crippen LogP contribution is 2.41. The highest BCUT2D eigenvalue weighted by Gasteiger charge is 2.53. The second-order valence-electron chi connectivity index (χ2n) is 16.5. The molecular weight excluding hydrogens is 662 g/mol. The van der Waals surface area contributed by atoms with Crippen LogP contribution in [0.2, 0.25) is 0 Å². The largest absolute Gasteiger partial charge is 0.459 e. The number of carbonyl (C=O) groups is 2. The van der Waals surface area contributed by atoms with Gasteiger partial charge in [0, 0.05) is 50.9 Å². The van der Waals surface area contributed by atoms with Crippen molar-refractivity contribution in [2.45, 2.75) is 179 Å². The Morgan fingerprint density at radius 3 is 1.98 bits per heavy atom. The minimum Gasteiger partial charge on any atom is -0.459 e. The highest BCUT2D eigenvalue weighted by atomic mass is 16.7. The molecule has 13 heteroatoms. The number of ether oxygens (including phenoxy) is 7. The molecule has 0 radical (unpaired) electrons. The Morgan fingerprint density at radius 1 is 0.824 bits per heavy atom. The minimum atomic E-state index is -1.93. The number of aliphatic hydroxyl groups is 3. The zero-order chi connectivity index (χ0) is 38.8. The van der Waals surface area contributed by atoms with Crippen molar-refractivity contribution < 1.29 is 58.1 Å². The Balaban J connectivity index is 2.19. The number of Topliss-reactive ketones (excluding diaryl/α,β-unsaturated/α-hetero) is 1. The Kier molecular flexibility index (Phi) is 15.1. The maximum atomic E-state index is 14.2. The van der Waals surface area contributed by atoms with E-state index in [0.717, 1.165) is 6.42 Å². The van der Waals surface area contributed by atoms with Crippen molar-refractivity contribution in [2.75, 3.05) is 28.3 Å². The van der Waals surface area contributed by atoms with Crippen LogP contribution >= 0.6 is 0 Å². The third-order valence-electron chi connectivity index (χ3n) is 12.2. The third-order valence-corrected chi connectivity index (χ3v) is 12.2. The van der Waals surface area contributed by atoms with Crippen LogP contribution in [0.1, 0.15) is 101 Å². The lowest BCUT2D eigenvalue weighted by Gasteiger charge is -2.49. The van der Waals surface area contributed by atoms with Gasteiger partial charge in [0.25, 0.3) is 0 Å². The molecule has 51 heavy (non-hydrogen) atoms. The first-order valence-electron chi connectivity index (χ1n) is 18.8. The van der Waals surface area contributed by atoms with E-state index in [2.05, 4.69) is 4.90 Å². The van der Waals surface area contributed by atoms with E-state index in [1.54, 1.807) is 48.7 Å². The number of hydrogen-bond acceptors (Lipinski definition) is 13. The van der Waals surface area contributed by atoms with E-state index in [1.807, 2.05) is 34.9 Å². The van der Waals surface area contributed by atoms with Gasteiger partial charge < -0.3 is 53.4 Å². The number of methoxy groups -OCH3 is 2. The molecule has 298 valence electrons. The molecule has 0 aromatic carbocycles. The first-order chi connectivity index (χ1) is 23.6. The first kappa shape index (κ1) is 44.1. The first-order valence-corrected chi connectivity index (χ1v) is 18.8. The van der Waals surface area contributed by atoms with Gasteiger partial charge in [0.1, 0.15) is 23.6 Å². The molecule has 0 aliphatic carbocycles. The van der Waals surface area contributed by atoms with Crippen molar-refractivity contribution in [3.8, 4) is 0 Å². The summed E-state index contributed by atoms with van der Waals surface area (Å²) in [6.45, 7) is 17.5. The third kappa shape index (κ3) is 9.71. The molecule has 0 amide bonds. The van der Waals surface area contributed by atoms with Crippen molar-refractivity contribution in [2.24, 2.45) is 23.7 Å². The van der Waals surface area contributed by atoms with Gasteiger partial charge in [0.2, 0.25) is 0 Å². The normalized spacial score (nSPS) is 48.3. The van der Waals surface area contributed by atoms with E-state index in [4.69, 9.17) is 33.2 Å². The average Bonchev–Trinajstić information content (AvgIpc) is 3.07. The average molecular weight is 732 g/mol. The minimum absolute atomic E-state index is 0.0865. The van der Waals surface area contributed by atoms with Crippen LogP contribution in [-0.2, 0) is 42.7 Å². The van der Waals surface area contributed by atoms with E-state index in [1.165, 1.54) is 14.0 Å². The molecule has 13 nitrogen and oxygen atoms in total.